The van der Waals surface area contributed by atoms with E-state index in [-0.39, 0.29) is 11.8 Å². The molecule has 0 radical (unpaired) electrons. The fourth-order valence-corrected chi connectivity index (χ4v) is 3.81. The van der Waals surface area contributed by atoms with Crippen molar-refractivity contribution in [2.45, 2.75) is 25.7 Å². The minimum absolute atomic E-state index is 0.0337. The van der Waals surface area contributed by atoms with Crippen molar-refractivity contribution >= 4 is 11.6 Å². The fraction of sp³-hybridized carbons (Fsp3) is 0.231. The molecule has 1 amide bonds. The van der Waals surface area contributed by atoms with Crippen LogP contribution in [0.3, 0.4) is 0 Å². The topological polar surface area (TPSA) is 55.6 Å². The highest BCUT2D eigenvalue weighted by Gasteiger charge is 2.18. The summed E-state index contributed by atoms with van der Waals surface area (Å²) in [5.41, 5.74) is 4.02. The highest BCUT2D eigenvalue weighted by Crippen LogP contribution is 2.27. The molecule has 2 heterocycles. The lowest BCUT2D eigenvalue weighted by Crippen LogP contribution is -2.27. The van der Waals surface area contributed by atoms with Crippen LogP contribution in [0, 0.1) is 0 Å². The number of hydrogen-bond donors (Lipinski definition) is 1. The van der Waals surface area contributed by atoms with Gasteiger partial charge in [-0.2, -0.15) is 0 Å². The number of aromatic nitrogens is 2. The summed E-state index contributed by atoms with van der Waals surface area (Å²) >= 11 is 0. The number of carbonyl (C=O) groups is 1. The summed E-state index contributed by atoms with van der Waals surface area (Å²) in [5.74, 6) is 0.844. The lowest BCUT2D eigenvalue weighted by Gasteiger charge is -2.17. The number of benzene rings is 2. The second-order valence-corrected chi connectivity index (χ2v) is 7.45. The lowest BCUT2D eigenvalue weighted by atomic mass is 9.88. The Morgan fingerprint density at radius 3 is 2.32 bits per heavy atom. The molecule has 0 spiro atoms. The Labute approximate surface area is 182 Å². The molecule has 4 rings (SSSR count). The Balaban J connectivity index is 1.39. The maximum absolute atomic E-state index is 12.7. The van der Waals surface area contributed by atoms with E-state index < -0.39 is 0 Å². The van der Waals surface area contributed by atoms with E-state index in [0.717, 1.165) is 28.2 Å². The molecule has 0 atom stereocenters. The van der Waals surface area contributed by atoms with Gasteiger partial charge in [-0.25, -0.2) is 4.98 Å². The maximum Gasteiger partial charge on any atom is 0.220 e. The van der Waals surface area contributed by atoms with Crippen LogP contribution >= 0.6 is 0 Å². The Kier molecular flexibility index (Phi) is 6.62. The van der Waals surface area contributed by atoms with E-state index >= 15 is 0 Å². The molecular weight excluding hydrogens is 386 g/mol. The second kappa shape index (κ2) is 9.94. The first-order valence-corrected chi connectivity index (χ1v) is 10.7. The molecule has 0 aliphatic rings. The lowest BCUT2D eigenvalue weighted by molar-refractivity contribution is -0.121. The van der Waals surface area contributed by atoms with Crippen molar-refractivity contribution in [2.24, 2.45) is 0 Å². The van der Waals surface area contributed by atoms with Gasteiger partial charge in [-0.15, -0.1) is 0 Å². The van der Waals surface area contributed by atoms with E-state index in [9.17, 15) is 4.79 Å². The molecule has 0 bridgehead atoms. The predicted molar refractivity (Wildman–Crippen MR) is 122 cm³/mol. The van der Waals surface area contributed by atoms with Crippen LogP contribution in [0.15, 0.2) is 85.2 Å². The molecule has 158 valence electrons. The molecule has 0 saturated heterocycles. The van der Waals surface area contributed by atoms with E-state index in [1.54, 1.807) is 0 Å². The molecule has 0 aliphatic heterocycles. The highest BCUT2D eigenvalue weighted by molar-refractivity contribution is 5.77. The first kappa shape index (κ1) is 20.7. The number of nitrogens with one attached hydrogen (secondary N) is 1. The van der Waals surface area contributed by atoms with Crippen LogP contribution in [0.2, 0.25) is 0 Å². The van der Waals surface area contributed by atoms with Crippen LogP contribution in [-0.2, 0) is 11.2 Å². The van der Waals surface area contributed by atoms with E-state index in [4.69, 9.17) is 4.74 Å². The summed E-state index contributed by atoms with van der Waals surface area (Å²) in [6, 6.07) is 24.3. The zero-order valence-electron chi connectivity index (χ0n) is 17.7. The van der Waals surface area contributed by atoms with E-state index in [1.807, 2.05) is 72.2 Å². The number of nitrogens with zero attached hydrogens (tertiary/aromatic N) is 2. The van der Waals surface area contributed by atoms with Crippen LogP contribution in [0.5, 0.6) is 5.75 Å². The van der Waals surface area contributed by atoms with Gasteiger partial charge in [-0.05, 0) is 30.2 Å². The molecule has 1 N–H and O–H groups in total. The maximum atomic E-state index is 12.7. The first-order valence-electron chi connectivity index (χ1n) is 10.7. The third-order valence-corrected chi connectivity index (χ3v) is 5.29. The monoisotopic (exact) mass is 413 g/mol. The summed E-state index contributed by atoms with van der Waals surface area (Å²) in [6.07, 6.45) is 5.02. The summed E-state index contributed by atoms with van der Waals surface area (Å²) in [7, 11) is 0. The molecule has 5 heteroatoms. The number of rotatable bonds is 9. The Hall–Kier alpha value is -3.60. The first-order chi connectivity index (χ1) is 15.2. The Bertz CT molecular complexity index is 1080. The summed E-state index contributed by atoms with van der Waals surface area (Å²) in [5, 5.41) is 3.07. The van der Waals surface area contributed by atoms with Crippen LogP contribution in [0.25, 0.3) is 5.65 Å². The van der Waals surface area contributed by atoms with E-state index in [2.05, 4.69) is 34.6 Å². The van der Waals surface area contributed by atoms with Gasteiger partial charge in [0.25, 0.3) is 0 Å². The number of pyridine rings is 1. The van der Waals surface area contributed by atoms with Crippen molar-refractivity contribution < 1.29 is 9.53 Å². The van der Waals surface area contributed by atoms with Gasteiger partial charge in [-0.3, -0.25) is 4.79 Å². The van der Waals surface area contributed by atoms with Crippen molar-refractivity contribution in [1.29, 1.82) is 0 Å². The molecule has 0 aliphatic carbocycles. The van der Waals surface area contributed by atoms with Gasteiger partial charge in [0.15, 0.2) is 11.4 Å². The zero-order valence-corrected chi connectivity index (χ0v) is 17.7. The van der Waals surface area contributed by atoms with Crippen molar-refractivity contribution in [3.05, 3.63) is 102 Å². The van der Waals surface area contributed by atoms with Crippen LogP contribution in [-0.4, -0.2) is 28.4 Å². The molecule has 0 fully saturated rings. The molecule has 5 nitrogen and oxygen atoms in total. The zero-order chi connectivity index (χ0) is 21.5. The molecular formula is C26H27N3O2. The fourth-order valence-electron chi connectivity index (χ4n) is 3.81. The minimum Gasteiger partial charge on any atom is -0.490 e. The third-order valence-electron chi connectivity index (χ3n) is 5.29. The predicted octanol–water partition coefficient (Wildman–Crippen LogP) is 4.61. The summed E-state index contributed by atoms with van der Waals surface area (Å²) in [4.78, 5) is 17.4. The van der Waals surface area contributed by atoms with Gasteiger partial charge < -0.3 is 14.5 Å². The molecule has 4 aromatic rings. The Morgan fingerprint density at radius 1 is 1.00 bits per heavy atom. The van der Waals surface area contributed by atoms with Gasteiger partial charge in [0.05, 0.1) is 12.3 Å². The third kappa shape index (κ3) is 5.12. The molecule has 0 unspecified atom stereocenters. The van der Waals surface area contributed by atoms with Crippen molar-refractivity contribution in [2.75, 3.05) is 13.2 Å². The average Bonchev–Trinajstić information content (AvgIpc) is 3.23. The van der Waals surface area contributed by atoms with Crippen LogP contribution in [0.1, 0.15) is 36.1 Å². The van der Waals surface area contributed by atoms with Crippen LogP contribution < -0.4 is 10.1 Å². The number of ether oxygens (including phenoxy) is 1. The normalized spacial score (nSPS) is 11.0. The quantitative estimate of drug-likeness (QED) is 0.436. The summed E-state index contributed by atoms with van der Waals surface area (Å²) in [6.45, 7) is 3.10. The number of imidazole rings is 1. The molecule has 31 heavy (non-hydrogen) atoms. The van der Waals surface area contributed by atoms with E-state index in [0.29, 0.717) is 26.0 Å². The van der Waals surface area contributed by atoms with Gasteiger partial charge in [-0.1, -0.05) is 60.7 Å². The molecule has 0 saturated carbocycles. The number of amides is 1. The Morgan fingerprint density at radius 2 is 1.68 bits per heavy atom. The molecule has 2 aromatic heterocycles. The summed E-state index contributed by atoms with van der Waals surface area (Å²) < 4.78 is 7.61. The van der Waals surface area contributed by atoms with Crippen molar-refractivity contribution in [3.63, 3.8) is 0 Å². The average molecular weight is 414 g/mol. The van der Waals surface area contributed by atoms with Crippen LogP contribution in [0.4, 0.5) is 0 Å². The smallest absolute Gasteiger partial charge is 0.220 e. The SMILES string of the molecule is CCOc1cccn2cc(CCNC(=O)CC(c3ccccc3)c3ccccc3)nc12. The largest absolute Gasteiger partial charge is 0.490 e. The van der Waals surface area contributed by atoms with E-state index in [1.165, 1.54) is 0 Å². The van der Waals surface area contributed by atoms with Crippen molar-refractivity contribution in [1.82, 2.24) is 14.7 Å². The van der Waals surface area contributed by atoms with Gasteiger partial charge in [0.2, 0.25) is 5.91 Å². The van der Waals surface area contributed by atoms with Crippen molar-refractivity contribution in [3.8, 4) is 5.75 Å². The minimum atomic E-state index is 0.0337. The number of hydrogen-bond acceptors (Lipinski definition) is 3. The van der Waals surface area contributed by atoms with Gasteiger partial charge in [0.1, 0.15) is 0 Å². The van der Waals surface area contributed by atoms with Gasteiger partial charge >= 0.3 is 0 Å². The van der Waals surface area contributed by atoms with Gasteiger partial charge in [0, 0.05) is 37.7 Å². The number of carbonyl (C=O) groups excluding carboxylic acids is 1. The second-order valence-electron chi connectivity index (χ2n) is 7.45. The number of fused-ring (bicyclic) bond motifs is 1. The molecule has 2 aromatic carbocycles. The standard InChI is InChI=1S/C26H27N3O2/c1-2-31-24-14-9-17-29-19-22(28-26(24)29)15-16-27-25(30)18-23(20-10-5-3-6-11-20)21-12-7-4-8-13-21/h3-14,17,19,23H,2,15-16,18H2,1H3,(H,27,30). The highest BCUT2D eigenvalue weighted by atomic mass is 16.5.